The van der Waals surface area contributed by atoms with Crippen LogP contribution in [0.2, 0.25) is 0 Å². The van der Waals surface area contributed by atoms with Crippen molar-refractivity contribution in [2.75, 3.05) is 26.2 Å². The summed E-state index contributed by atoms with van der Waals surface area (Å²) in [5, 5.41) is 7.76. The number of nitrogens with one attached hydrogen (secondary N) is 1. The average molecular weight is 430 g/mol. The fraction of sp³-hybridized carbons (Fsp3) is 0.458. The van der Waals surface area contributed by atoms with Gasteiger partial charge in [0.05, 0.1) is 11.9 Å². The molecule has 2 saturated heterocycles. The Kier molecular flexibility index (Phi) is 4.57. The van der Waals surface area contributed by atoms with Crippen LogP contribution >= 0.6 is 0 Å². The van der Waals surface area contributed by atoms with Gasteiger partial charge in [-0.1, -0.05) is 30.3 Å². The Hall–Kier alpha value is -3.13. The van der Waals surface area contributed by atoms with Crippen LogP contribution in [0.4, 0.5) is 0 Å². The molecule has 1 saturated carbocycles. The van der Waals surface area contributed by atoms with Crippen LogP contribution in [0.15, 0.2) is 42.7 Å². The number of amides is 1. The second kappa shape index (κ2) is 7.48. The van der Waals surface area contributed by atoms with Crippen molar-refractivity contribution in [3.63, 3.8) is 0 Å². The third-order valence-corrected chi connectivity index (χ3v) is 7.06. The number of nitrogens with zero attached hydrogens (tertiary/aromatic N) is 6. The number of hydrogen-bond acceptors (Lipinski definition) is 6. The first-order valence-electron chi connectivity index (χ1n) is 11.4. The molecule has 4 heterocycles. The van der Waals surface area contributed by atoms with E-state index in [0.29, 0.717) is 24.7 Å². The summed E-state index contributed by atoms with van der Waals surface area (Å²) in [7, 11) is 0. The number of benzene rings is 1. The van der Waals surface area contributed by atoms with Crippen molar-refractivity contribution in [2.24, 2.45) is 5.41 Å². The molecular weight excluding hydrogens is 402 g/mol. The van der Waals surface area contributed by atoms with Gasteiger partial charge in [-0.15, -0.1) is 0 Å². The minimum Gasteiger partial charge on any atom is -0.336 e. The lowest BCUT2D eigenvalue weighted by Crippen LogP contribution is -2.61. The molecule has 1 amide bonds. The number of aryl methyl sites for hydroxylation is 1. The Labute approximate surface area is 187 Å². The molecule has 8 nitrogen and oxygen atoms in total. The zero-order valence-corrected chi connectivity index (χ0v) is 18.2. The van der Waals surface area contributed by atoms with Crippen LogP contribution in [0.3, 0.4) is 0 Å². The number of aromatic amines is 1. The summed E-state index contributed by atoms with van der Waals surface area (Å²) in [6, 6.07) is 10.6. The highest BCUT2D eigenvalue weighted by Crippen LogP contribution is 2.49. The molecule has 1 spiro atoms. The lowest BCUT2D eigenvalue weighted by atomic mass is 9.71. The van der Waals surface area contributed by atoms with Gasteiger partial charge in [-0.3, -0.25) is 19.8 Å². The first kappa shape index (κ1) is 19.5. The molecule has 2 aliphatic heterocycles. The van der Waals surface area contributed by atoms with Gasteiger partial charge in [0.25, 0.3) is 5.91 Å². The van der Waals surface area contributed by atoms with Crippen molar-refractivity contribution in [3.05, 3.63) is 71.3 Å². The van der Waals surface area contributed by atoms with Gasteiger partial charge in [-0.2, -0.15) is 5.10 Å². The zero-order chi connectivity index (χ0) is 21.7. The van der Waals surface area contributed by atoms with Gasteiger partial charge in [0.15, 0.2) is 5.82 Å². The molecule has 1 atom stereocenters. The van der Waals surface area contributed by atoms with Crippen LogP contribution in [0.5, 0.6) is 0 Å². The highest BCUT2D eigenvalue weighted by atomic mass is 16.2. The van der Waals surface area contributed by atoms with Crippen molar-refractivity contribution in [1.82, 2.24) is 34.9 Å². The van der Waals surface area contributed by atoms with Gasteiger partial charge >= 0.3 is 0 Å². The second-order valence-electron chi connectivity index (χ2n) is 9.63. The van der Waals surface area contributed by atoms with Crippen LogP contribution in [0.25, 0.3) is 0 Å². The number of hydrogen-bond donors (Lipinski definition) is 1. The van der Waals surface area contributed by atoms with E-state index in [1.54, 1.807) is 12.4 Å². The Morgan fingerprint density at radius 1 is 1.12 bits per heavy atom. The molecule has 2 aromatic heterocycles. The van der Waals surface area contributed by atoms with Crippen LogP contribution in [-0.2, 0) is 6.54 Å². The summed E-state index contributed by atoms with van der Waals surface area (Å²) in [5.74, 6) is 2.65. The monoisotopic (exact) mass is 429 g/mol. The fourth-order valence-electron chi connectivity index (χ4n) is 5.22. The molecule has 32 heavy (non-hydrogen) atoms. The minimum atomic E-state index is -0.0420. The smallest absolute Gasteiger partial charge is 0.274 e. The van der Waals surface area contributed by atoms with Gasteiger partial charge in [-0.05, 0) is 25.3 Å². The molecule has 1 unspecified atom stereocenters. The van der Waals surface area contributed by atoms with Gasteiger partial charge in [0, 0.05) is 56.2 Å². The molecule has 1 aliphatic carbocycles. The van der Waals surface area contributed by atoms with Crippen molar-refractivity contribution >= 4 is 5.91 Å². The van der Waals surface area contributed by atoms with E-state index in [2.05, 4.69) is 55.4 Å². The van der Waals surface area contributed by atoms with E-state index >= 15 is 0 Å². The first-order valence-corrected chi connectivity index (χ1v) is 11.4. The first-order chi connectivity index (χ1) is 15.6. The molecule has 1 N–H and O–H groups in total. The van der Waals surface area contributed by atoms with Gasteiger partial charge < -0.3 is 4.90 Å². The van der Waals surface area contributed by atoms with E-state index < -0.39 is 0 Å². The number of carbonyl (C=O) groups excluding carboxylic acids is 1. The van der Waals surface area contributed by atoms with Crippen LogP contribution < -0.4 is 0 Å². The van der Waals surface area contributed by atoms with Crippen LogP contribution in [0.1, 0.15) is 58.1 Å². The third kappa shape index (κ3) is 3.48. The topological polar surface area (TPSA) is 90.9 Å². The molecule has 3 aliphatic rings. The zero-order valence-electron chi connectivity index (χ0n) is 18.2. The SMILES string of the molecule is Cc1cnc(C(=O)N2CC3(CN(Cc4ccccc4)CC3c3nc(C4CC4)n[nH]3)C2)cn1. The van der Waals surface area contributed by atoms with Gasteiger partial charge in [0.1, 0.15) is 11.5 Å². The molecule has 0 bridgehead atoms. The van der Waals surface area contributed by atoms with Crippen molar-refractivity contribution in [2.45, 2.75) is 38.1 Å². The average Bonchev–Trinajstić information content (AvgIpc) is 3.39. The number of H-pyrrole nitrogens is 1. The highest BCUT2D eigenvalue weighted by molar-refractivity contribution is 5.92. The standard InChI is InChI=1S/C24H27N7O/c1-16-9-26-20(10-25-16)23(32)31-14-24(15-31)13-30(11-17-5-3-2-4-6-17)12-19(24)22-27-21(28-29-22)18-7-8-18/h2-6,9-10,18-19H,7-8,11-15H2,1H3,(H,27,28,29). The minimum absolute atomic E-state index is 0.0110. The largest absolute Gasteiger partial charge is 0.336 e. The number of aromatic nitrogens is 5. The Morgan fingerprint density at radius 2 is 1.94 bits per heavy atom. The highest BCUT2D eigenvalue weighted by Gasteiger charge is 2.57. The Balaban J connectivity index is 1.23. The van der Waals surface area contributed by atoms with Crippen molar-refractivity contribution in [3.8, 4) is 0 Å². The van der Waals surface area contributed by atoms with E-state index in [1.165, 1.54) is 18.4 Å². The fourth-order valence-corrected chi connectivity index (χ4v) is 5.22. The van der Waals surface area contributed by atoms with E-state index in [0.717, 1.165) is 37.0 Å². The number of likely N-dealkylation sites (tertiary alicyclic amines) is 2. The molecule has 8 heteroatoms. The van der Waals surface area contributed by atoms with E-state index in [9.17, 15) is 4.79 Å². The van der Waals surface area contributed by atoms with Crippen LogP contribution in [0, 0.1) is 12.3 Å². The predicted octanol–water partition coefficient (Wildman–Crippen LogP) is 2.52. The maximum Gasteiger partial charge on any atom is 0.274 e. The van der Waals surface area contributed by atoms with E-state index in [4.69, 9.17) is 4.98 Å². The third-order valence-electron chi connectivity index (χ3n) is 7.06. The molecule has 0 radical (unpaired) electrons. The summed E-state index contributed by atoms with van der Waals surface area (Å²) < 4.78 is 0. The normalized spacial score (nSPS) is 22.3. The Morgan fingerprint density at radius 3 is 2.66 bits per heavy atom. The molecule has 1 aromatic carbocycles. The molecule has 3 aromatic rings. The maximum atomic E-state index is 13.0. The molecule has 3 fully saturated rings. The summed E-state index contributed by atoms with van der Waals surface area (Å²) >= 11 is 0. The van der Waals surface area contributed by atoms with Crippen molar-refractivity contribution < 1.29 is 4.79 Å². The molecular formula is C24H27N7O. The summed E-state index contributed by atoms with van der Waals surface area (Å²) in [5.41, 5.74) is 2.52. The Bertz CT molecular complexity index is 1120. The summed E-state index contributed by atoms with van der Waals surface area (Å²) in [4.78, 5) is 30.8. The summed E-state index contributed by atoms with van der Waals surface area (Å²) in [6.45, 7) is 6.04. The lowest BCUT2D eigenvalue weighted by Gasteiger charge is -2.50. The second-order valence-corrected chi connectivity index (χ2v) is 9.63. The van der Waals surface area contributed by atoms with E-state index in [-0.39, 0.29) is 17.2 Å². The molecule has 164 valence electrons. The number of carbonyl (C=O) groups is 1. The number of rotatable bonds is 5. The van der Waals surface area contributed by atoms with Crippen molar-refractivity contribution in [1.29, 1.82) is 0 Å². The molecule has 6 rings (SSSR count). The lowest BCUT2D eigenvalue weighted by molar-refractivity contribution is 0.00133. The maximum absolute atomic E-state index is 13.0. The van der Waals surface area contributed by atoms with Gasteiger partial charge in [0.2, 0.25) is 0 Å². The van der Waals surface area contributed by atoms with Crippen LogP contribution in [-0.4, -0.2) is 67.0 Å². The predicted molar refractivity (Wildman–Crippen MR) is 118 cm³/mol. The van der Waals surface area contributed by atoms with Gasteiger partial charge in [-0.25, -0.2) is 9.97 Å². The quantitative estimate of drug-likeness (QED) is 0.670. The van der Waals surface area contributed by atoms with E-state index in [1.807, 2.05) is 11.8 Å². The summed E-state index contributed by atoms with van der Waals surface area (Å²) in [6.07, 6.45) is 5.60.